The molecule has 2 amide bonds. The molecule has 2 aromatic carbocycles. The molecule has 2 rings (SSSR count). The number of nitrogens with one attached hydrogen (secondary N) is 2. The lowest BCUT2D eigenvalue weighted by Gasteiger charge is -2.08. The van der Waals surface area contributed by atoms with Crippen LogP contribution < -0.4 is 20.3 Å². The van der Waals surface area contributed by atoms with Gasteiger partial charge in [0, 0.05) is 17.2 Å². The van der Waals surface area contributed by atoms with Gasteiger partial charge in [-0.2, -0.15) is 0 Å². The molecule has 0 heterocycles. The van der Waals surface area contributed by atoms with Crippen molar-refractivity contribution in [1.82, 2.24) is 10.9 Å². The first-order chi connectivity index (χ1) is 12.6. The quantitative estimate of drug-likeness (QED) is 0.618. The second kappa shape index (κ2) is 9.27. The van der Waals surface area contributed by atoms with Gasteiger partial charge in [0.1, 0.15) is 11.5 Å². The van der Waals surface area contributed by atoms with Gasteiger partial charge in [0.2, 0.25) is 0 Å². The lowest BCUT2D eigenvalue weighted by Crippen LogP contribution is -2.40. The molecule has 0 bridgehead atoms. The molecular weight excluding hydrogens is 332 g/mol. The summed E-state index contributed by atoms with van der Waals surface area (Å²) in [6.07, 6.45) is 3.79. The summed E-state index contributed by atoms with van der Waals surface area (Å²) in [5.41, 5.74) is 7.02. The van der Waals surface area contributed by atoms with Crippen LogP contribution in [0.5, 0.6) is 11.5 Å². The molecule has 0 saturated heterocycles. The van der Waals surface area contributed by atoms with Gasteiger partial charge in [0.05, 0.1) is 14.2 Å². The molecule has 2 aromatic rings. The topological polar surface area (TPSA) is 76.7 Å². The molecule has 0 atom stereocenters. The predicted octanol–water partition coefficient (Wildman–Crippen LogP) is 2.74. The van der Waals surface area contributed by atoms with Crippen LogP contribution in [0.3, 0.4) is 0 Å². The number of hydrogen-bond donors (Lipinski definition) is 2. The van der Waals surface area contributed by atoms with Crippen LogP contribution in [0.25, 0.3) is 6.08 Å². The van der Waals surface area contributed by atoms with Crippen molar-refractivity contribution < 1.29 is 19.1 Å². The van der Waals surface area contributed by atoms with Gasteiger partial charge in [-0.3, -0.25) is 20.4 Å². The second-order valence-electron chi connectivity index (χ2n) is 5.44. The summed E-state index contributed by atoms with van der Waals surface area (Å²) in [5.74, 6) is 0.409. The van der Waals surface area contributed by atoms with Crippen LogP contribution in [-0.4, -0.2) is 26.0 Å². The summed E-state index contributed by atoms with van der Waals surface area (Å²) in [5, 5.41) is 0. The summed E-state index contributed by atoms with van der Waals surface area (Å²) < 4.78 is 10.4. The van der Waals surface area contributed by atoms with Crippen LogP contribution in [0.2, 0.25) is 0 Å². The molecule has 0 aliphatic carbocycles. The Balaban J connectivity index is 1.95. The molecule has 0 saturated carbocycles. The molecule has 136 valence electrons. The van der Waals surface area contributed by atoms with Crippen molar-refractivity contribution in [3.8, 4) is 11.5 Å². The van der Waals surface area contributed by atoms with Crippen LogP contribution in [-0.2, 0) is 11.2 Å². The van der Waals surface area contributed by atoms with E-state index in [0.29, 0.717) is 22.6 Å². The fraction of sp³-hybridized carbons (Fsp3) is 0.200. The first-order valence-corrected chi connectivity index (χ1v) is 8.16. The molecule has 0 aliphatic rings. The summed E-state index contributed by atoms with van der Waals surface area (Å²) in [4.78, 5) is 23.9. The van der Waals surface area contributed by atoms with Gasteiger partial charge in [-0.05, 0) is 48.4 Å². The van der Waals surface area contributed by atoms with Crippen molar-refractivity contribution in [1.29, 1.82) is 0 Å². The highest BCUT2D eigenvalue weighted by molar-refractivity contribution is 5.98. The van der Waals surface area contributed by atoms with Gasteiger partial charge in [0.25, 0.3) is 11.8 Å². The summed E-state index contributed by atoms with van der Waals surface area (Å²) >= 11 is 0. The van der Waals surface area contributed by atoms with E-state index in [4.69, 9.17) is 9.47 Å². The Morgan fingerprint density at radius 3 is 2.35 bits per heavy atom. The minimum absolute atomic E-state index is 0.381. The lowest BCUT2D eigenvalue weighted by molar-refractivity contribution is -0.117. The Bertz CT molecular complexity index is 798. The molecule has 0 aliphatic heterocycles. The van der Waals surface area contributed by atoms with Gasteiger partial charge in [-0.1, -0.05) is 19.1 Å². The van der Waals surface area contributed by atoms with Crippen LogP contribution >= 0.6 is 0 Å². The molecule has 0 unspecified atom stereocenters. The molecule has 6 nitrogen and oxygen atoms in total. The van der Waals surface area contributed by atoms with Crippen molar-refractivity contribution >= 4 is 17.9 Å². The average Bonchev–Trinajstić information content (AvgIpc) is 2.70. The fourth-order valence-electron chi connectivity index (χ4n) is 2.26. The SMILES string of the molecule is CCc1ccc(C(=O)NNC(=O)/C=C/c2cc(OC)ccc2OC)cc1. The number of benzene rings is 2. The molecule has 0 radical (unpaired) electrons. The van der Waals surface area contributed by atoms with Gasteiger partial charge in [-0.15, -0.1) is 0 Å². The third kappa shape index (κ3) is 5.11. The average molecular weight is 354 g/mol. The van der Waals surface area contributed by atoms with Crippen molar-refractivity contribution in [2.24, 2.45) is 0 Å². The monoisotopic (exact) mass is 354 g/mol. The number of aryl methyl sites for hydroxylation is 1. The van der Waals surface area contributed by atoms with Crippen LogP contribution in [0, 0.1) is 0 Å². The molecule has 2 N–H and O–H groups in total. The molecule has 6 heteroatoms. The number of hydrogen-bond acceptors (Lipinski definition) is 4. The highest BCUT2D eigenvalue weighted by Crippen LogP contribution is 2.24. The number of methoxy groups -OCH3 is 2. The third-order valence-corrected chi connectivity index (χ3v) is 3.77. The Kier molecular flexibility index (Phi) is 6.79. The maximum atomic E-state index is 12.0. The number of amides is 2. The van der Waals surface area contributed by atoms with E-state index in [0.717, 1.165) is 12.0 Å². The van der Waals surface area contributed by atoms with Crippen molar-refractivity contribution in [3.63, 3.8) is 0 Å². The van der Waals surface area contributed by atoms with Crippen LogP contribution in [0.15, 0.2) is 48.5 Å². The standard InChI is InChI=1S/C20H22N2O4/c1-4-14-5-7-15(8-6-14)20(24)22-21-19(23)12-9-16-13-17(25-2)10-11-18(16)26-3/h5-13H,4H2,1-3H3,(H,21,23)(H,22,24)/b12-9+. The summed E-state index contributed by atoms with van der Waals surface area (Å²) in [6.45, 7) is 2.04. The Labute approximate surface area is 152 Å². The summed E-state index contributed by atoms with van der Waals surface area (Å²) in [7, 11) is 3.11. The van der Waals surface area contributed by atoms with Crippen LogP contribution in [0.4, 0.5) is 0 Å². The first kappa shape index (κ1) is 19.1. The molecule has 0 aromatic heterocycles. The van der Waals surface area contributed by atoms with Gasteiger partial charge in [-0.25, -0.2) is 0 Å². The Morgan fingerprint density at radius 1 is 1.00 bits per heavy atom. The number of carbonyl (C=O) groups is 2. The number of hydrazine groups is 1. The molecule has 26 heavy (non-hydrogen) atoms. The zero-order valence-electron chi connectivity index (χ0n) is 15.0. The zero-order chi connectivity index (χ0) is 18.9. The van der Waals surface area contributed by atoms with E-state index in [-0.39, 0.29) is 5.91 Å². The van der Waals surface area contributed by atoms with Crippen LogP contribution in [0.1, 0.15) is 28.4 Å². The van der Waals surface area contributed by atoms with Crippen molar-refractivity contribution in [2.75, 3.05) is 14.2 Å². The largest absolute Gasteiger partial charge is 0.497 e. The highest BCUT2D eigenvalue weighted by atomic mass is 16.5. The minimum Gasteiger partial charge on any atom is -0.497 e. The first-order valence-electron chi connectivity index (χ1n) is 8.16. The van der Waals surface area contributed by atoms with Crippen molar-refractivity contribution in [2.45, 2.75) is 13.3 Å². The second-order valence-corrected chi connectivity index (χ2v) is 5.44. The predicted molar refractivity (Wildman–Crippen MR) is 100 cm³/mol. The smallest absolute Gasteiger partial charge is 0.269 e. The fourth-order valence-corrected chi connectivity index (χ4v) is 2.26. The zero-order valence-corrected chi connectivity index (χ0v) is 15.0. The van der Waals surface area contributed by atoms with Gasteiger partial charge >= 0.3 is 0 Å². The summed E-state index contributed by atoms with van der Waals surface area (Å²) in [6, 6.07) is 12.5. The van der Waals surface area contributed by atoms with E-state index in [2.05, 4.69) is 10.9 Å². The Hall–Kier alpha value is -3.28. The molecular formula is C20H22N2O4. The molecule has 0 spiro atoms. The lowest BCUT2D eigenvalue weighted by atomic mass is 10.1. The highest BCUT2D eigenvalue weighted by Gasteiger charge is 2.06. The number of carbonyl (C=O) groups excluding carboxylic acids is 2. The van der Waals surface area contributed by atoms with E-state index in [1.807, 2.05) is 19.1 Å². The maximum Gasteiger partial charge on any atom is 0.269 e. The minimum atomic E-state index is -0.464. The van der Waals surface area contributed by atoms with Gasteiger partial charge in [0.15, 0.2) is 0 Å². The van der Waals surface area contributed by atoms with Gasteiger partial charge < -0.3 is 9.47 Å². The van der Waals surface area contributed by atoms with E-state index in [1.165, 1.54) is 6.08 Å². The Morgan fingerprint density at radius 2 is 1.73 bits per heavy atom. The number of rotatable bonds is 6. The number of ether oxygens (including phenoxy) is 2. The third-order valence-electron chi connectivity index (χ3n) is 3.77. The van der Waals surface area contributed by atoms with E-state index in [1.54, 1.807) is 50.6 Å². The van der Waals surface area contributed by atoms with E-state index >= 15 is 0 Å². The van der Waals surface area contributed by atoms with E-state index < -0.39 is 5.91 Å². The van der Waals surface area contributed by atoms with Crippen molar-refractivity contribution in [3.05, 3.63) is 65.2 Å². The normalized spacial score (nSPS) is 10.4. The molecule has 0 fully saturated rings. The maximum absolute atomic E-state index is 12.0. The van der Waals surface area contributed by atoms with E-state index in [9.17, 15) is 9.59 Å².